The molecule has 128 valence electrons. The SMILES string of the molecule is Cn1c(SCCCOc2ccc(C=O)cc2)nnc1-c1ccccc1. The molecule has 0 aliphatic heterocycles. The largest absolute Gasteiger partial charge is 0.494 e. The first-order valence-electron chi connectivity index (χ1n) is 8.03. The smallest absolute Gasteiger partial charge is 0.191 e. The van der Waals surface area contributed by atoms with Crippen molar-refractivity contribution in [3.63, 3.8) is 0 Å². The Balaban J connectivity index is 1.46. The van der Waals surface area contributed by atoms with Gasteiger partial charge in [-0.25, -0.2) is 0 Å². The van der Waals surface area contributed by atoms with Crippen molar-refractivity contribution >= 4 is 18.0 Å². The fraction of sp³-hybridized carbons (Fsp3) is 0.211. The van der Waals surface area contributed by atoms with Crippen LogP contribution in [0.25, 0.3) is 11.4 Å². The Labute approximate surface area is 151 Å². The fourth-order valence-electron chi connectivity index (χ4n) is 2.33. The summed E-state index contributed by atoms with van der Waals surface area (Å²) in [5.41, 5.74) is 1.71. The number of hydrogen-bond donors (Lipinski definition) is 0. The van der Waals surface area contributed by atoms with Crippen LogP contribution in [0.2, 0.25) is 0 Å². The van der Waals surface area contributed by atoms with Crippen LogP contribution in [0, 0.1) is 0 Å². The van der Waals surface area contributed by atoms with Gasteiger partial charge in [-0.2, -0.15) is 0 Å². The number of hydrogen-bond acceptors (Lipinski definition) is 5. The molecular formula is C19H19N3O2S. The van der Waals surface area contributed by atoms with Crippen molar-refractivity contribution in [1.82, 2.24) is 14.8 Å². The summed E-state index contributed by atoms with van der Waals surface area (Å²) >= 11 is 1.67. The molecule has 0 amide bonds. The summed E-state index contributed by atoms with van der Waals surface area (Å²) in [5, 5.41) is 9.45. The minimum absolute atomic E-state index is 0.622. The topological polar surface area (TPSA) is 57.0 Å². The second-order valence-electron chi connectivity index (χ2n) is 5.47. The Bertz CT molecular complexity index is 816. The van der Waals surface area contributed by atoms with Crippen LogP contribution < -0.4 is 4.74 Å². The van der Waals surface area contributed by atoms with Gasteiger partial charge in [0.15, 0.2) is 11.0 Å². The molecule has 0 radical (unpaired) electrons. The summed E-state index contributed by atoms with van der Waals surface area (Å²) in [6.45, 7) is 0.622. The lowest BCUT2D eigenvalue weighted by molar-refractivity contribution is 0.112. The zero-order chi connectivity index (χ0) is 17.5. The van der Waals surface area contributed by atoms with Gasteiger partial charge in [0.05, 0.1) is 6.61 Å². The van der Waals surface area contributed by atoms with Crippen molar-refractivity contribution in [3.8, 4) is 17.1 Å². The minimum Gasteiger partial charge on any atom is -0.494 e. The third kappa shape index (κ3) is 4.48. The maximum Gasteiger partial charge on any atom is 0.191 e. The van der Waals surface area contributed by atoms with Crippen LogP contribution in [-0.2, 0) is 7.05 Å². The average Bonchev–Trinajstić information content (AvgIpc) is 3.03. The molecule has 0 aliphatic rings. The van der Waals surface area contributed by atoms with Gasteiger partial charge in [0, 0.05) is 23.9 Å². The zero-order valence-corrected chi connectivity index (χ0v) is 14.8. The van der Waals surface area contributed by atoms with Crippen molar-refractivity contribution in [1.29, 1.82) is 0 Å². The number of rotatable bonds is 8. The third-order valence-corrected chi connectivity index (χ3v) is 4.78. The highest BCUT2D eigenvalue weighted by molar-refractivity contribution is 7.99. The van der Waals surface area contributed by atoms with Crippen LogP contribution in [0.15, 0.2) is 59.8 Å². The van der Waals surface area contributed by atoms with Crippen LogP contribution in [0.5, 0.6) is 5.75 Å². The maximum absolute atomic E-state index is 10.6. The summed E-state index contributed by atoms with van der Waals surface area (Å²) in [5.74, 6) is 2.54. The molecule has 0 saturated carbocycles. The number of thioether (sulfide) groups is 1. The van der Waals surface area contributed by atoms with Gasteiger partial charge in [-0.15, -0.1) is 10.2 Å². The number of aromatic nitrogens is 3. The number of benzene rings is 2. The number of aldehydes is 1. The van der Waals surface area contributed by atoms with E-state index in [1.165, 1.54) is 0 Å². The molecule has 0 fully saturated rings. The lowest BCUT2D eigenvalue weighted by atomic mass is 10.2. The van der Waals surface area contributed by atoms with E-state index >= 15 is 0 Å². The molecular weight excluding hydrogens is 334 g/mol. The fourth-order valence-corrected chi connectivity index (χ4v) is 3.16. The summed E-state index contributed by atoms with van der Waals surface area (Å²) < 4.78 is 7.69. The van der Waals surface area contributed by atoms with Crippen molar-refractivity contribution in [2.45, 2.75) is 11.6 Å². The molecule has 6 heteroatoms. The van der Waals surface area contributed by atoms with Crippen LogP contribution >= 0.6 is 11.8 Å². The van der Waals surface area contributed by atoms with Gasteiger partial charge >= 0.3 is 0 Å². The standard InChI is InChI=1S/C19H19N3O2S/c1-22-18(16-6-3-2-4-7-16)20-21-19(22)25-13-5-12-24-17-10-8-15(14-23)9-11-17/h2-4,6-11,14H,5,12-13H2,1H3. The first-order chi connectivity index (χ1) is 12.3. The average molecular weight is 353 g/mol. The lowest BCUT2D eigenvalue weighted by Gasteiger charge is -2.06. The Morgan fingerprint density at radius 1 is 1.08 bits per heavy atom. The predicted molar refractivity (Wildman–Crippen MR) is 99.1 cm³/mol. The molecule has 25 heavy (non-hydrogen) atoms. The van der Waals surface area contributed by atoms with Crippen molar-refractivity contribution in [2.24, 2.45) is 7.05 Å². The van der Waals surface area contributed by atoms with E-state index in [4.69, 9.17) is 4.74 Å². The molecule has 0 unspecified atom stereocenters. The number of ether oxygens (including phenoxy) is 1. The quantitative estimate of drug-likeness (QED) is 0.350. The van der Waals surface area contributed by atoms with E-state index in [-0.39, 0.29) is 0 Å². The Kier molecular flexibility index (Phi) is 5.85. The van der Waals surface area contributed by atoms with Crippen molar-refractivity contribution < 1.29 is 9.53 Å². The van der Waals surface area contributed by atoms with E-state index in [0.717, 1.165) is 40.8 Å². The zero-order valence-electron chi connectivity index (χ0n) is 14.0. The molecule has 0 spiro atoms. The second-order valence-corrected chi connectivity index (χ2v) is 6.53. The summed E-state index contributed by atoms with van der Waals surface area (Å²) in [6.07, 6.45) is 1.72. The van der Waals surface area contributed by atoms with Crippen LogP contribution in [-0.4, -0.2) is 33.4 Å². The summed E-state index contributed by atoms with van der Waals surface area (Å²) in [6, 6.07) is 17.2. The van der Waals surface area contributed by atoms with Gasteiger partial charge in [-0.1, -0.05) is 42.1 Å². The van der Waals surface area contributed by atoms with Crippen LogP contribution in [0.3, 0.4) is 0 Å². The van der Waals surface area contributed by atoms with Gasteiger partial charge in [-0.05, 0) is 30.7 Å². The Hall–Kier alpha value is -2.60. The lowest BCUT2D eigenvalue weighted by Crippen LogP contribution is -2.00. The third-order valence-electron chi connectivity index (χ3n) is 3.67. The Morgan fingerprint density at radius 2 is 1.84 bits per heavy atom. The van der Waals surface area contributed by atoms with Gasteiger partial charge < -0.3 is 9.30 Å². The molecule has 0 saturated heterocycles. The second kappa shape index (κ2) is 8.48. The normalized spacial score (nSPS) is 10.6. The number of carbonyl (C=O) groups is 1. The van der Waals surface area contributed by atoms with Gasteiger partial charge in [0.1, 0.15) is 12.0 Å². The number of carbonyl (C=O) groups excluding carboxylic acids is 1. The van der Waals surface area contributed by atoms with Gasteiger partial charge in [-0.3, -0.25) is 4.79 Å². The van der Waals surface area contributed by atoms with Crippen molar-refractivity contribution in [2.75, 3.05) is 12.4 Å². The highest BCUT2D eigenvalue weighted by atomic mass is 32.2. The molecule has 1 heterocycles. The highest BCUT2D eigenvalue weighted by Gasteiger charge is 2.10. The molecule has 3 aromatic rings. The van der Waals surface area contributed by atoms with Gasteiger partial charge in [0.25, 0.3) is 0 Å². The van der Waals surface area contributed by atoms with E-state index in [0.29, 0.717) is 12.2 Å². The molecule has 2 aromatic carbocycles. The molecule has 1 aromatic heterocycles. The molecule has 0 atom stereocenters. The number of nitrogens with zero attached hydrogens (tertiary/aromatic N) is 3. The molecule has 5 nitrogen and oxygen atoms in total. The first-order valence-corrected chi connectivity index (χ1v) is 9.02. The van der Waals surface area contributed by atoms with Gasteiger partial charge in [0.2, 0.25) is 0 Å². The molecule has 3 rings (SSSR count). The first kappa shape index (κ1) is 17.2. The van der Waals surface area contributed by atoms with Crippen LogP contribution in [0.1, 0.15) is 16.8 Å². The maximum atomic E-state index is 10.6. The van der Waals surface area contributed by atoms with E-state index in [2.05, 4.69) is 10.2 Å². The van der Waals surface area contributed by atoms with E-state index in [9.17, 15) is 4.79 Å². The minimum atomic E-state index is 0.622. The van der Waals surface area contributed by atoms with E-state index in [1.807, 2.05) is 54.1 Å². The highest BCUT2D eigenvalue weighted by Crippen LogP contribution is 2.22. The Morgan fingerprint density at radius 3 is 2.56 bits per heavy atom. The predicted octanol–water partition coefficient (Wildman–Crippen LogP) is 3.86. The summed E-state index contributed by atoms with van der Waals surface area (Å²) in [4.78, 5) is 10.6. The molecule has 0 aliphatic carbocycles. The molecule has 0 N–H and O–H groups in total. The van der Waals surface area contributed by atoms with E-state index < -0.39 is 0 Å². The van der Waals surface area contributed by atoms with Crippen molar-refractivity contribution in [3.05, 3.63) is 60.2 Å². The molecule has 0 bridgehead atoms. The summed E-state index contributed by atoms with van der Waals surface area (Å²) in [7, 11) is 1.98. The van der Waals surface area contributed by atoms with E-state index in [1.54, 1.807) is 23.9 Å². The van der Waals surface area contributed by atoms with Crippen LogP contribution in [0.4, 0.5) is 0 Å². The monoisotopic (exact) mass is 353 g/mol.